The predicted molar refractivity (Wildman–Crippen MR) is 161 cm³/mol. The van der Waals surface area contributed by atoms with Crippen LogP contribution in [0.25, 0.3) is 11.0 Å². The van der Waals surface area contributed by atoms with E-state index in [1.54, 1.807) is 31.3 Å². The van der Waals surface area contributed by atoms with Gasteiger partial charge in [0, 0.05) is 6.54 Å². The summed E-state index contributed by atoms with van der Waals surface area (Å²) in [6, 6.07) is 14.3. The highest BCUT2D eigenvalue weighted by Crippen LogP contribution is 2.41. The zero-order valence-electron chi connectivity index (χ0n) is 24.6. The third-order valence-electron chi connectivity index (χ3n) is 7.43. The van der Waals surface area contributed by atoms with Crippen molar-refractivity contribution in [2.24, 2.45) is 0 Å². The highest BCUT2D eigenvalue weighted by Gasteiger charge is 2.43. The van der Waals surface area contributed by atoms with E-state index in [0.717, 1.165) is 22.3 Å². The Kier molecular flexibility index (Phi) is 8.24. The van der Waals surface area contributed by atoms with Crippen molar-refractivity contribution in [3.05, 3.63) is 105 Å². The van der Waals surface area contributed by atoms with Crippen molar-refractivity contribution in [2.75, 3.05) is 34.0 Å². The largest absolute Gasteiger partial charge is 0.493 e. The van der Waals surface area contributed by atoms with Crippen LogP contribution < -0.4 is 24.4 Å². The summed E-state index contributed by atoms with van der Waals surface area (Å²) in [4.78, 5) is 29.8. The van der Waals surface area contributed by atoms with Crippen LogP contribution in [0.2, 0.25) is 0 Å². The monoisotopic (exact) mass is 569 g/mol. The Balaban J connectivity index is 1.63. The number of fused-ring (bicyclic) bond motifs is 2. The van der Waals surface area contributed by atoms with Gasteiger partial charge >= 0.3 is 0 Å². The molecule has 1 aliphatic rings. The summed E-state index contributed by atoms with van der Waals surface area (Å²) in [6.07, 6.45) is 2.17. The van der Waals surface area contributed by atoms with E-state index in [0.29, 0.717) is 65.7 Å². The van der Waals surface area contributed by atoms with Crippen LogP contribution in [0.5, 0.6) is 23.0 Å². The molecule has 1 atom stereocenters. The van der Waals surface area contributed by atoms with Crippen molar-refractivity contribution in [1.82, 2.24) is 4.90 Å². The first-order valence-electron chi connectivity index (χ1n) is 13.9. The van der Waals surface area contributed by atoms with Crippen LogP contribution in [0.15, 0.2) is 70.4 Å². The maximum Gasteiger partial charge on any atom is 0.290 e. The summed E-state index contributed by atoms with van der Waals surface area (Å²) < 4.78 is 28.8. The molecule has 0 saturated heterocycles. The summed E-state index contributed by atoms with van der Waals surface area (Å²) in [5.74, 6) is 2.04. The molecular formula is C34H35NO7. The molecule has 3 aromatic carbocycles. The van der Waals surface area contributed by atoms with Crippen LogP contribution in [-0.2, 0) is 6.42 Å². The molecule has 2 heterocycles. The molecule has 0 aliphatic carbocycles. The Morgan fingerprint density at radius 2 is 1.69 bits per heavy atom. The Hall–Kier alpha value is -4.72. The topological polar surface area (TPSA) is 87.4 Å². The predicted octanol–water partition coefficient (Wildman–Crippen LogP) is 6.18. The minimum absolute atomic E-state index is 0.0710. The smallest absolute Gasteiger partial charge is 0.290 e. The molecule has 0 N–H and O–H groups in total. The number of carbonyl (C=O) groups is 1. The highest BCUT2D eigenvalue weighted by atomic mass is 16.5. The van der Waals surface area contributed by atoms with Crippen molar-refractivity contribution in [3.63, 3.8) is 0 Å². The number of hydrogen-bond donors (Lipinski definition) is 0. The molecule has 0 spiro atoms. The number of nitrogens with zero attached hydrogens (tertiary/aromatic N) is 1. The second-order valence-corrected chi connectivity index (χ2v) is 10.2. The van der Waals surface area contributed by atoms with Crippen molar-refractivity contribution in [3.8, 4) is 23.0 Å². The molecule has 0 fully saturated rings. The molecule has 8 nitrogen and oxygen atoms in total. The van der Waals surface area contributed by atoms with E-state index in [-0.39, 0.29) is 17.1 Å². The van der Waals surface area contributed by atoms with Gasteiger partial charge in [0.1, 0.15) is 12.2 Å². The molecule has 0 bridgehead atoms. The second kappa shape index (κ2) is 12.0. The third kappa shape index (κ3) is 5.20. The van der Waals surface area contributed by atoms with Crippen molar-refractivity contribution < 1.29 is 28.2 Å². The lowest BCUT2D eigenvalue weighted by atomic mass is 9.96. The van der Waals surface area contributed by atoms with E-state index in [2.05, 4.69) is 6.58 Å². The number of methoxy groups -OCH3 is 2. The lowest BCUT2D eigenvalue weighted by molar-refractivity contribution is 0.0729. The highest BCUT2D eigenvalue weighted by molar-refractivity contribution is 5.99. The Morgan fingerprint density at radius 1 is 0.929 bits per heavy atom. The first-order chi connectivity index (χ1) is 20.3. The van der Waals surface area contributed by atoms with E-state index in [9.17, 15) is 9.59 Å². The fourth-order valence-electron chi connectivity index (χ4n) is 5.57. The lowest BCUT2D eigenvalue weighted by Gasteiger charge is -2.26. The Bertz CT molecular complexity index is 1720. The first kappa shape index (κ1) is 28.8. The number of hydrogen-bond acceptors (Lipinski definition) is 7. The summed E-state index contributed by atoms with van der Waals surface area (Å²) in [7, 11) is 3.17. The SMILES string of the molecule is C=CCOc1ccc(C2c3c(oc4c(C)cc(C)cc4c3=O)C(=O)N2CCc2ccc(OC)c(OC)c2)cc1OCC. The quantitative estimate of drug-likeness (QED) is 0.199. The van der Waals surface area contributed by atoms with E-state index in [1.165, 1.54) is 0 Å². The fourth-order valence-corrected chi connectivity index (χ4v) is 5.57. The molecule has 1 unspecified atom stereocenters. The summed E-state index contributed by atoms with van der Waals surface area (Å²) >= 11 is 0. The average molecular weight is 570 g/mol. The number of rotatable bonds is 11. The van der Waals surface area contributed by atoms with Gasteiger partial charge in [0.25, 0.3) is 5.91 Å². The standard InChI is InChI=1S/C34H35NO7/c1-7-15-41-26-12-10-23(19-28(26)40-8-2)30-29-31(36)24-17-20(3)16-21(4)32(24)42-33(29)34(37)35(30)14-13-22-9-11-25(38-5)27(18-22)39-6/h7,9-12,16-19,30H,1,8,13-15H2,2-6H3. The maximum atomic E-state index is 14.1. The molecule has 0 saturated carbocycles. The number of ether oxygens (including phenoxy) is 4. The van der Waals surface area contributed by atoms with Gasteiger partial charge < -0.3 is 28.3 Å². The first-order valence-corrected chi connectivity index (χ1v) is 13.9. The van der Waals surface area contributed by atoms with Crippen LogP contribution in [0.1, 0.15) is 51.3 Å². The van der Waals surface area contributed by atoms with Crippen molar-refractivity contribution in [2.45, 2.75) is 33.2 Å². The van der Waals surface area contributed by atoms with Crippen LogP contribution in [0.4, 0.5) is 0 Å². The molecule has 8 heteroatoms. The lowest BCUT2D eigenvalue weighted by Crippen LogP contribution is -2.31. The normalized spacial score (nSPS) is 14.2. The number of amides is 1. The molecule has 218 valence electrons. The second-order valence-electron chi connectivity index (χ2n) is 10.2. The van der Waals surface area contributed by atoms with E-state index in [1.807, 2.05) is 63.2 Å². The Labute approximate surface area is 245 Å². The van der Waals surface area contributed by atoms with E-state index in [4.69, 9.17) is 23.4 Å². The molecule has 1 amide bonds. The fraction of sp³-hybridized carbons (Fsp3) is 0.294. The minimum Gasteiger partial charge on any atom is -0.493 e. The molecule has 1 aliphatic heterocycles. The number of benzene rings is 3. The van der Waals surface area contributed by atoms with Crippen molar-refractivity contribution in [1.29, 1.82) is 0 Å². The van der Waals surface area contributed by atoms with Gasteiger partial charge in [-0.3, -0.25) is 9.59 Å². The summed E-state index contributed by atoms with van der Waals surface area (Å²) in [5.41, 5.74) is 3.97. The zero-order chi connectivity index (χ0) is 30.0. The van der Waals surface area contributed by atoms with E-state index < -0.39 is 6.04 Å². The zero-order valence-corrected chi connectivity index (χ0v) is 24.6. The van der Waals surface area contributed by atoms with Crippen LogP contribution in [-0.4, -0.2) is 44.8 Å². The average Bonchev–Trinajstić information content (AvgIpc) is 3.27. The molecule has 1 aromatic heterocycles. The number of aryl methyl sites for hydroxylation is 2. The van der Waals surface area contributed by atoms with Gasteiger partial charge in [-0.05, 0) is 79.8 Å². The third-order valence-corrected chi connectivity index (χ3v) is 7.43. The minimum atomic E-state index is -0.679. The summed E-state index contributed by atoms with van der Waals surface area (Å²) in [5, 5.41) is 0.460. The van der Waals surface area contributed by atoms with Crippen LogP contribution in [0.3, 0.4) is 0 Å². The van der Waals surface area contributed by atoms with Gasteiger partial charge in [0.15, 0.2) is 28.4 Å². The van der Waals surface area contributed by atoms with E-state index >= 15 is 0 Å². The van der Waals surface area contributed by atoms with Gasteiger partial charge in [-0.15, -0.1) is 0 Å². The number of carbonyl (C=O) groups excluding carboxylic acids is 1. The van der Waals surface area contributed by atoms with Gasteiger partial charge in [0.05, 0.1) is 37.8 Å². The van der Waals surface area contributed by atoms with Gasteiger partial charge in [-0.25, -0.2) is 0 Å². The van der Waals surface area contributed by atoms with Gasteiger partial charge in [-0.2, -0.15) is 0 Å². The summed E-state index contributed by atoms with van der Waals surface area (Å²) in [6.45, 7) is 10.5. The van der Waals surface area contributed by atoms with Gasteiger partial charge in [-0.1, -0.05) is 30.9 Å². The van der Waals surface area contributed by atoms with Crippen molar-refractivity contribution >= 4 is 16.9 Å². The van der Waals surface area contributed by atoms with Gasteiger partial charge in [0.2, 0.25) is 5.76 Å². The molecular weight excluding hydrogens is 534 g/mol. The van der Waals surface area contributed by atoms with Crippen LogP contribution in [0, 0.1) is 13.8 Å². The Morgan fingerprint density at radius 3 is 2.40 bits per heavy atom. The molecule has 4 aromatic rings. The molecule has 5 rings (SSSR count). The molecule has 42 heavy (non-hydrogen) atoms. The maximum absolute atomic E-state index is 14.1. The van der Waals surface area contributed by atoms with Crippen LogP contribution >= 0.6 is 0 Å². The molecule has 0 radical (unpaired) electrons.